The van der Waals surface area contributed by atoms with Crippen LogP contribution in [0.3, 0.4) is 0 Å². The molecule has 0 radical (unpaired) electrons. The summed E-state index contributed by atoms with van der Waals surface area (Å²) in [6.07, 6.45) is -0.657. The molecule has 0 atom stereocenters. The number of anilines is 1. The minimum Gasteiger partial charge on any atom is -0.481 e. The molecule has 0 bridgehead atoms. The lowest BCUT2D eigenvalue weighted by atomic mass is 9.81. The van der Waals surface area contributed by atoms with Crippen LogP contribution in [0.4, 0.5) is 10.5 Å². The molecule has 2 amide bonds. The second-order valence-electron chi connectivity index (χ2n) is 9.21. The minimum atomic E-state index is -0.948. The molecular weight excluding hydrogens is 468 g/mol. The first-order chi connectivity index (χ1) is 16.7. The van der Waals surface area contributed by atoms with Crippen molar-refractivity contribution in [2.75, 3.05) is 25.0 Å². The molecule has 1 saturated heterocycles. The highest BCUT2D eigenvalue weighted by molar-refractivity contribution is 6.31. The van der Waals surface area contributed by atoms with Gasteiger partial charge in [0.25, 0.3) is 5.91 Å². The van der Waals surface area contributed by atoms with E-state index in [-0.39, 0.29) is 42.1 Å². The molecule has 3 aromatic carbocycles. The zero-order chi connectivity index (χ0) is 24.7. The van der Waals surface area contributed by atoms with Crippen molar-refractivity contribution >= 4 is 35.3 Å². The Labute approximate surface area is 207 Å². The van der Waals surface area contributed by atoms with E-state index in [1.54, 1.807) is 6.92 Å². The number of ether oxygens (including phenoxy) is 1. The van der Waals surface area contributed by atoms with E-state index in [4.69, 9.17) is 16.3 Å². The highest BCUT2D eigenvalue weighted by Gasteiger charge is 2.47. The van der Waals surface area contributed by atoms with E-state index >= 15 is 0 Å². The van der Waals surface area contributed by atoms with Gasteiger partial charge in [-0.2, -0.15) is 0 Å². The summed E-state index contributed by atoms with van der Waals surface area (Å²) < 4.78 is 5.56. The maximum atomic E-state index is 12.8. The van der Waals surface area contributed by atoms with Gasteiger partial charge in [-0.15, -0.1) is 0 Å². The Morgan fingerprint density at radius 3 is 2.23 bits per heavy atom. The predicted octanol–water partition coefficient (Wildman–Crippen LogP) is 5.25. The number of carbonyl (C=O) groups is 3. The van der Waals surface area contributed by atoms with Crippen molar-refractivity contribution in [2.45, 2.75) is 12.8 Å². The molecule has 2 aliphatic rings. The number of carboxylic acid groups (broad SMARTS) is 1. The van der Waals surface area contributed by atoms with Crippen molar-refractivity contribution < 1.29 is 24.2 Å². The molecule has 3 aromatic rings. The Hall–Kier alpha value is -3.84. The average Bonchev–Trinajstić information content (AvgIpc) is 3.13. The molecule has 35 heavy (non-hydrogen) atoms. The van der Waals surface area contributed by atoms with Crippen LogP contribution in [0.25, 0.3) is 11.1 Å². The summed E-state index contributed by atoms with van der Waals surface area (Å²) in [5.74, 6) is -1.35. The van der Waals surface area contributed by atoms with Gasteiger partial charge in [0.1, 0.15) is 12.0 Å². The Morgan fingerprint density at radius 2 is 1.63 bits per heavy atom. The normalized spacial score (nSPS) is 15.5. The predicted molar refractivity (Wildman–Crippen MR) is 132 cm³/mol. The lowest BCUT2D eigenvalue weighted by Gasteiger charge is -2.44. The molecule has 2 N–H and O–H groups in total. The molecule has 0 unspecified atom stereocenters. The number of halogens is 1. The van der Waals surface area contributed by atoms with E-state index in [0.29, 0.717) is 5.69 Å². The molecule has 0 aromatic heterocycles. The van der Waals surface area contributed by atoms with Crippen molar-refractivity contribution in [3.63, 3.8) is 0 Å². The SMILES string of the molecule is CC1(C(=O)O)CN(C(=O)c2cc(Cl)cc(NC(=O)OCC3c4ccccc4-c4ccccc43)c2)C1. The Kier molecular flexibility index (Phi) is 5.73. The van der Waals surface area contributed by atoms with Crippen LogP contribution in [0.5, 0.6) is 0 Å². The summed E-state index contributed by atoms with van der Waals surface area (Å²) in [5, 5.41) is 12.2. The fourth-order valence-corrected chi connectivity index (χ4v) is 5.03. The third-order valence-electron chi connectivity index (χ3n) is 6.62. The number of benzene rings is 3. The molecule has 1 heterocycles. The largest absolute Gasteiger partial charge is 0.481 e. The first kappa shape index (κ1) is 22.9. The molecule has 0 saturated carbocycles. The van der Waals surface area contributed by atoms with Crippen molar-refractivity contribution in [1.29, 1.82) is 0 Å². The van der Waals surface area contributed by atoms with Crippen LogP contribution in [0.15, 0.2) is 66.7 Å². The van der Waals surface area contributed by atoms with E-state index in [9.17, 15) is 19.5 Å². The number of amides is 2. The smallest absolute Gasteiger partial charge is 0.411 e. The van der Waals surface area contributed by atoms with E-state index in [0.717, 1.165) is 22.3 Å². The second kappa shape index (κ2) is 8.74. The number of carbonyl (C=O) groups excluding carboxylic acids is 2. The number of carboxylic acids is 1. The maximum absolute atomic E-state index is 12.8. The number of rotatable bonds is 5. The van der Waals surface area contributed by atoms with E-state index in [1.165, 1.54) is 23.1 Å². The number of nitrogens with one attached hydrogen (secondary N) is 1. The van der Waals surface area contributed by atoms with Gasteiger partial charge in [-0.25, -0.2) is 4.79 Å². The lowest BCUT2D eigenvalue weighted by molar-refractivity contribution is -0.155. The standard InChI is InChI=1S/C27H23ClN2O5/c1-27(25(32)33)14-30(15-27)24(31)16-10-17(28)12-18(11-16)29-26(34)35-13-23-21-8-4-2-6-19(21)20-7-3-5-9-22(20)23/h2-12,23H,13-15H2,1H3,(H,29,34)(H,32,33). The summed E-state index contributed by atoms with van der Waals surface area (Å²) in [4.78, 5) is 38.2. The molecule has 1 fully saturated rings. The van der Waals surface area contributed by atoms with Crippen LogP contribution in [0.1, 0.15) is 34.3 Å². The number of aliphatic carboxylic acids is 1. The second-order valence-corrected chi connectivity index (χ2v) is 9.64. The Bertz CT molecular complexity index is 1300. The number of fused-ring (bicyclic) bond motifs is 3. The summed E-state index contributed by atoms with van der Waals surface area (Å²) in [7, 11) is 0. The van der Waals surface area contributed by atoms with E-state index in [1.807, 2.05) is 36.4 Å². The van der Waals surface area contributed by atoms with E-state index in [2.05, 4.69) is 17.4 Å². The topological polar surface area (TPSA) is 95.9 Å². The fourth-order valence-electron chi connectivity index (χ4n) is 4.80. The van der Waals surface area contributed by atoms with Gasteiger partial charge in [-0.05, 0) is 47.4 Å². The third-order valence-corrected chi connectivity index (χ3v) is 6.84. The Morgan fingerprint density at radius 1 is 1.03 bits per heavy atom. The summed E-state index contributed by atoms with van der Waals surface area (Å²) in [5.41, 5.74) is 4.13. The van der Waals surface area contributed by atoms with Crippen LogP contribution < -0.4 is 5.32 Å². The summed E-state index contributed by atoms with van der Waals surface area (Å²) in [6.45, 7) is 1.99. The number of nitrogens with zero attached hydrogens (tertiary/aromatic N) is 1. The molecule has 178 valence electrons. The van der Waals surface area contributed by atoms with Gasteiger partial charge < -0.3 is 14.7 Å². The number of hydrogen-bond acceptors (Lipinski definition) is 4. The molecular formula is C27H23ClN2O5. The van der Waals surface area contributed by atoms with Crippen LogP contribution in [-0.4, -0.2) is 47.7 Å². The first-order valence-electron chi connectivity index (χ1n) is 11.2. The molecule has 1 aliphatic heterocycles. The zero-order valence-electron chi connectivity index (χ0n) is 19.0. The number of likely N-dealkylation sites (tertiary alicyclic amines) is 1. The molecule has 0 spiro atoms. The molecule has 8 heteroatoms. The molecule has 7 nitrogen and oxygen atoms in total. The molecule has 5 rings (SSSR count). The van der Waals surface area contributed by atoms with Gasteiger partial charge in [0.05, 0.1) is 0 Å². The van der Waals surface area contributed by atoms with Gasteiger partial charge in [0.2, 0.25) is 0 Å². The quantitative estimate of drug-likeness (QED) is 0.509. The van der Waals surface area contributed by atoms with E-state index < -0.39 is 17.5 Å². The first-order valence-corrected chi connectivity index (χ1v) is 11.6. The van der Waals surface area contributed by atoms with Crippen LogP contribution in [0.2, 0.25) is 5.02 Å². The van der Waals surface area contributed by atoms with Crippen molar-refractivity contribution in [3.8, 4) is 11.1 Å². The van der Waals surface area contributed by atoms with Gasteiger partial charge in [-0.1, -0.05) is 60.1 Å². The summed E-state index contributed by atoms with van der Waals surface area (Å²) in [6, 6.07) is 20.7. The van der Waals surface area contributed by atoms with Crippen molar-refractivity contribution in [3.05, 3.63) is 88.4 Å². The van der Waals surface area contributed by atoms with Crippen LogP contribution in [-0.2, 0) is 9.53 Å². The third kappa shape index (κ3) is 4.23. The highest BCUT2D eigenvalue weighted by Crippen LogP contribution is 2.44. The van der Waals surface area contributed by atoms with Crippen molar-refractivity contribution in [2.24, 2.45) is 5.41 Å². The van der Waals surface area contributed by atoms with Gasteiger partial charge in [0, 0.05) is 35.3 Å². The maximum Gasteiger partial charge on any atom is 0.411 e. The Balaban J connectivity index is 1.25. The van der Waals surface area contributed by atoms with Gasteiger partial charge in [0.15, 0.2) is 0 Å². The van der Waals surface area contributed by atoms with Crippen LogP contribution in [0, 0.1) is 5.41 Å². The van der Waals surface area contributed by atoms with Gasteiger partial charge >= 0.3 is 12.1 Å². The molecule has 1 aliphatic carbocycles. The van der Waals surface area contributed by atoms with Gasteiger partial charge in [-0.3, -0.25) is 14.9 Å². The average molecular weight is 491 g/mol. The lowest BCUT2D eigenvalue weighted by Crippen LogP contribution is -2.60. The monoisotopic (exact) mass is 490 g/mol. The summed E-state index contributed by atoms with van der Waals surface area (Å²) >= 11 is 6.19. The zero-order valence-corrected chi connectivity index (χ0v) is 19.7. The highest BCUT2D eigenvalue weighted by atomic mass is 35.5. The minimum absolute atomic E-state index is 0.0698. The van der Waals surface area contributed by atoms with Crippen LogP contribution >= 0.6 is 11.6 Å². The fraction of sp³-hybridized carbons (Fsp3) is 0.222. The van der Waals surface area contributed by atoms with Crippen molar-refractivity contribution in [1.82, 2.24) is 4.90 Å². The number of hydrogen-bond donors (Lipinski definition) is 2.